The minimum Gasteiger partial charge on any atom is -0.494 e. The Labute approximate surface area is 185 Å². The molecule has 1 amide bonds. The zero-order valence-electron chi connectivity index (χ0n) is 18.3. The molecule has 0 bridgehead atoms. The van der Waals surface area contributed by atoms with Gasteiger partial charge >= 0.3 is 0 Å². The number of hydrogen-bond acceptors (Lipinski definition) is 7. The summed E-state index contributed by atoms with van der Waals surface area (Å²) in [6, 6.07) is 3.34. The smallest absolute Gasteiger partial charge is 0.251 e. The van der Waals surface area contributed by atoms with Crippen molar-refractivity contribution >= 4 is 17.5 Å². The molecule has 1 aliphatic heterocycles. The zero-order chi connectivity index (χ0) is 22.7. The van der Waals surface area contributed by atoms with Gasteiger partial charge in [-0.25, -0.2) is 14.4 Å². The Morgan fingerprint density at radius 3 is 2.62 bits per heavy atom. The van der Waals surface area contributed by atoms with Crippen molar-refractivity contribution in [1.29, 1.82) is 0 Å². The monoisotopic (exact) mass is 439 g/mol. The first-order valence-electron chi connectivity index (χ1n) is 10.4. The molecule has 2 N–H and O–H groups in total. The molecule has 0 atom stereocenters. The number of rotatable bonds is 8. The lowest BCUT2D eigenvalue weighted by atomic mass is 10.0. The standard InChI is InChI=1S/C22H26FN7O2/c1-24-21(31)16-6-15(20(23)19(7-16)32-3)5-4-14-8-25-22(26-9-14)28-17-10-27-30(11-17)18-12-29(2)13-18/h6-11,18H,4-5,12-13H2,1-3H3,(H,24,31)(H,25,26,28). The van der Waals surface area contributed by atoms with Crippen LogP contribution in [0.1, 0.15) is 27.5 Å². The fraction of sp³-hybridized carbons (Fsp3) is 0.364. The van der Waals surface area contributed by atoms with Crippen molar-refractivity contribution in [3.05, 3.63) is 59.4 Å². The van der Waals surface area contributed by atoms with Gasteiger partial charge in [0.15, 0.2) is 11.6 Å². The van der Waals surface area contributed by atoms with Crippen molar-refractivity contribution in [3.63, 3.8) is 0 Å². The number of carbonyl (C=O) groups excluding carboxylic acids is 1. The summed E-state index contributed by atoms with van der Waals surface area (Å²) in [5, 5.41) is 10.1. The maximum absolute atomic E-state index is 14.6. The molecule has 168 valence electrons. The number of nitrogens with zero attached hydrogens (tertiary/aromatic N) is 5. The molecular formula is C22H26FN7O2. The maximum Gasteiger partial charge on any atom is 0.251 e. The van der Waals surface area contributed by atoms with Gasteiger partial charge < -0.3 is 20.3 Å². The Morgan fingerprint density at radius 2 is 1.97 bits per heavy atom. The first-order chi connectivity index (χ1) is 15.5. The lowest BCUT2D eigenvalue weighted by Crippen LogP contribution is -2.45. The third-order valence-corrected chi connectivity index (χ3v) is 5.49. The maximum atomic E-state index is 14.6. The Morgan fingerprint density at radius 1 is 1.22 bits per heavy atom. The Hall–Kier alpha value is -3.53. The molecule has 0 saturated carbocycles. The largest absolute Gasteiger partial charge is 0.494 e. The number of carbonyl (C=O) groups is 1. The lowest BCUT2D eigenvalue weighted by Gasteiger charge is -2.35. The third-order valence-electron chi connectivity index (χ3n) is 5.49. The molecule has 1 aliphatic rings. The van der Waals surface area contributed by atoms with Crippen LogP contribution in [0.15, 0.2) is 36.9 Å². The molecule has 1 aromatic carbocycles. The Balaban J connectivity index is 1.38. The number of anilines is 2. The number of aromatic nitrogens is 4. The number of aryl methyl sites for hydroxylation is 2. The highest BCUT2D eigenvalue weighted by Gasteiger charge is 2.25. The molecule has 4 rings (SSSR count). The topological polar surface area (TPSA) is 97.2 Å². The Kier molecular flexibility index (Phi) is 6.31. The molecule has 10 heteroatoms. The van der Waals surface area contributed by atoms with E-state index in [4.69, 9.17) is 4.74 Å². The number of ether oxygens (including phenoxy) is 1. The summed E-state index contributed by atoms with van der Waals surface area (Å²) in [5.41, 5.74) is 2.43. The van der Waals surface area contributed by atoms with Gasteiger partial charge in [0, 0.05) is 44.3 Å². The predicted octanol–water partition coefficient (Wildman–Crippen LogP) is 2.20. The van der Waals surface area contributed by atoms with Crippen molar-refractivity contribution in [2.75, 3.05) is 39.6 Å². The van der Waals surface area contributed by atoms with Crippen LogP contribution in [0.3, 0.4) is 0 Å². The van der Waals surface area contributed by atoms with Gasteiger partial charge in [-0.3, -0.25) is 9.48 Å². The first-order valence-corrected chi connectivity index (χ1v) is 10.4. The van der Waals surface area contributed by atoms with Crippen molar-refractivity contribution in [1.82, 2.24) is 30.0 Å². The summed E-state index contributed by atoms with van der Waals surface area (Å²) in [7, 11) is 4.99. The molecule has 1 fully saturated rings. The number of nitrogens with one attached hydrogen (secondary N) is 2. The fourth-order valence-corrected chi connectivity index (χ4v) is 3.65. The van der Waals surface area contributed by atoms with Gasteiger partial charge in [0.25, 0.3) is 5.91 Å². The molecule has 0 radical (unpaired) electrons. The quantitative estimate of drug-likeness (QED) is 0.555. The van der Waals surface area contributed by atoms with E-state index >= 15 is 0 Å². The number of methoxy groups -OCH3 is 1. The van der Waals surface area contributed by atoms with Gasteiger partial charge in [0.05, 0.1) is 25.0 Å². The van der Waals surface area contributed by atoms with Crippen LogP contribution in [-0.4, -0.2) is 64.9 Å². The van der Waals surface area contributed by atoms with Gasteiger partial charge in [-0.2, -0.15) is 5.10 Å². The molecule has 3 heterocycles. The van der Waals surface area contributed by atoms with Crippen LogP contribution < -0.4 is 15.4 Å². The van der Waals surface area contributed by atoms with Crippen LogP contribution in [0.5, 0.6) is 5.75 Å². The number of amides is 1. The SMILES string of the molecule is CNC(=O)c1cc(CCc2cnc(Nc3cnn(C4CN(C)C4)c3)nc2)c(F)c(OC)c1. The average molecular weight is 439 g/mol. The van der Waals surface area contributed by atoms with E-state index in [-0.39, 0.29) is 11.7 Å². The highest BCUT2D eigenvalue weighted by molar-refractivity contribution is 5.94. The predicted molar refractivity (Wildman–Crippen MR) is 118 cm³/mol. The minimum absolute atomic E-state index is 0.0472. The summed E-state index contributed by atoms with van der Waals surface area (Å²) in [6.45, 7) is 1.98. The second-order valence-corrected chi connectivity index (χ2v) is 7.85. The molecule has 0 aliphatic carbocycles. The lowest BCUT2D eigenvalue weighted by molar-refractivity contribution is 0.0962. The van der Waals surface area contributed by atoms with E-state index in [1.54, 1.807) is 24.7 Å². The molecule has 0 spiro atoms. The second kappa shape index (κ2) is 9.31. The molecule has 9 nitrogen and oxygen atoms in total. The molecular weight excluding hydrogens is 413 g/mol. The normalized spacial score (nSPS) is 14.1. The van der Waals surface area contributed by atoms with E-state index in [1.165, 1.54) is 20.2 Å². The van der Waals surface area contributed by atoms with Crippen molar-refractivity contribution in [2.24, 2.45) is 0 Å². The van der Waals surface area contributed by atoms with Gasteiger partial charge in [-0.05, 0) is 43.1 Å². The first kappa shape index (κ1) is 21.7. The van der Waals surface area contributed by atoms with Gasteiger partial charge in [-0.15, -0.1) is 0 Å². The summed E-state index contributed by atoms with van der Waals surface area (Å²) in [5.74, 6) is -0.246. The van der Waals surface area contributed by atoms with Crippen LogP contribution in [0.25, 0.3) is 0 Å². The fourth-order valence-electron chi connectivity index (χ4n) is 3.65. The number of halogens is 1. The van der Waals surface area contributed by atoms with Gasteiger partial charge in [0.2, 0.25) is 5.95 Å². The van der Waals surface area contributed by atoms with E-state index in [9.17, 15) is 9.18 Å². The highest BCUT2D eigenvalue weighted by atomic mass is 19.1. The van der Waals surface area contributed by atoms with E-state index in [0.717, 1.165) is 24.3 Å². The van der Waals surface area contributed by atoms with Crippen molar-refractivity contribution in [3.8, 4) is 5.75 Å². The minimum atomic E-state index is -0.464. The van der Waals surface area contributed by atoms with Gasteiger partial charge in [0.1, 0.15) is 0 Å². The van der Waals surface area contributed by atoms with Crippen molar-refractivity contribution < 1.29 is 13.9 Å². The third kappa shape index (κ3) is 4.70. The molecule has 0 unspecified atom stereocenters. The molecule has 3 aromatic rings. The summed E-state index contributed by atoms with van der Waals surface area (Å²) >= 11 is 0. The van der Waals surface area contributed by atoms with Gasteiger partial charge in [-0.1, -0.05) is 0 Å². The van der Waals surface area contributed by atoms with Crippen molar-refractivity contribution in [2.45, 2.75) is 18.9 Å². The second-order valence-electron chi connectivity index (χ2n) is 7.85. The van der Waals surface area contributed by atoms with E-state index in [1.807, 2.05) is 10.9 Å². The Bertz CT molecular complexity index is 1090. The van der Waals surface area contributed by atoms with E-state index in [0.29, 0.717) is 36.0 Å². The number of likely N-dealkylation sites (N-methyl/N-ethyl adjacent to an activating group) is 1. The van der Waals surface area contributed by atoms with Crippen LogP contribution in [-0.2, 0) is 12.8 Å². The number of benzene rings is 1. The van der Waals surface area contributed by atoms with Crippen LogP contribution in [0.2, 0.25) is 0 Å². The number of hydrogen-bond donors (Lipinski definition) is 2. The van der Waals surface area contributed by atoms with E-state index < -0.39 is 5.82 Å². The van der Waals surface area contributed by atoms with Crippen LogP contribution in [0, 0.1) is 5.82 Å². The molecule has 1 saturated heterocycles. The highest BCUT2D eigenvalue weighted by Crippen LogP contribution is 2.25. The molecule has 2 aromatic heterocycles. The average Bonchev–Trinajstić information content (AvgIpc) is 3.24. The van der Waals surface area contributed by atoms with E-state index in [2.05, 4.69) is 37.6 Å². The summed E-state index contributed by atoms with van der Waals surface area (Å²) < 4.78 is 21.7. The molecule has 32 heavy (non-hydrogen) atoms. The van der Waals surface area contributed by atoms with Crippen LogP contribution >= 0.6 is 0 Å². The van der Waals surface area contributed by atoms with Crippen LogP contribution in [0.4, 0.5) is 16.0 Å². The summed E-state index contributed by atoms with van der Waals surface area (Å²) in [4.78, 5) is 22.9. The number of likely N-dealkylation sites (tertiary alicyclic amines) is 1. The summed E-state index contributed by atoms with van der Waals surface area (Å²) in [6.07, 6.45) is 8.02. The zero-order valence-corrected chi connectivity index (χ0v) is 18.3.